The Kier molecular flexibility index (Phi) is 6.52. The van der Waals surface area contributed by atoms with Crippen LogP contribution in [0.4, 0.5) is 4.39 Å². The number of esters is 1. The summed E-state index contributed by atoms with van der Waals surface area (Å²) in [7, 11) is -4.22. The third kappa shape index (κ3) is 5.65. The van der Waals surface area contributed by atoms with Crippen LogP contribution < -0.4 is 4.74 Å². The van der Waals surface area contributed by atoms with Crippen molar-refractivity contribution in [2.45, 2.75) is 58.5 Å². The highest BCUT2D eigenvalue weighted by atomic mass is 32.2. The van der Waals surface area contributed by atoms with Gasteiger partial charge in [-0.15, -0.1) is 0 Å². The molecule has 2 rings (SSSR count). The maximum Gasteiger partial charge on any atom is 0.338 e. The zero-order valence-electron chi connectivity index (χ0n) is 16.0. The lowest BCUT2D eigenvalue weighted by Crippen LogP contribution is -2.49. The second-order valence-corrected chi connectivity index (χ2v) is 9.55. The normalized spacial score (nSPS) is 17.4. The van der Waals surface area contributed by atoms with E-state index in [9.17, 15) is 17.6 Å². The fourth-order valence-electron chi connectivity index (χ4n) is 3.37. The highest BCUT2D eigenvalue weighted by Crippen LogP contribution is 2.45. The van der Waals surface area contributed by atoms with Gasteiger partial charge in [0.15, 0.2) is 11.6 Å². The molecule has 1 aromatic carbocycles. The van der Waals surface area contributed by atoms with E-state index in [4.69, 9.17) is 14.0 Å². The number of benzene rings is 1. The molecule has 1 fully saturated rings. The number of carbonyl (C=O) groups excluding carboxylic acids is 1. The molecule has 1 N–H and O–H groups in total. The second-order valence-electron chi connectivity index (χ2n) is 7.97. The van der Waals surface area contributed by atoms with Gasteiger partial charge in [0.05, 0.1) is 5.56 Å². The Morgan fingerprint density at radius 1 is 1.22 bits per heavy atom. The van der Waals surface area contributed by atoms with E-state index in [1.807, 2.05) is 0 Å². The summed E-state index contributed by atoms with van der Waals surface area (Å²) in [5, 5.41) is 0. The fourth-order valence-corrected chi connectivity index (χ4v) is 3.66. The van der Waals surface area contributed by atoms with Crippen LogP contribution in [0.3, 0.4) is 0 Å². The van der Waals surface area contributed by atoms with Crippen molar-refractivity contribution in [2.75, 3.05) is 12.4 Å². The van der Waals surface area contributed by atoms with Crippen LogP contribution in [0.25, 0.3) is 0 Å². The van der Waals surface area contributed by atoms with Crippen molar-refractivity contribution in [1.82, 2.24) is 0 Å². The average molecular weight is 402 g/mol. The first kappa shape index (κ1) is 21.6. The van der Waals surface area contributed by atoms with Crippen LogP contribution in [0.1, 0.15) is 63.2 Å². The molecule has 0 amide bonds. The van der Waals surface area contributed by atoms with Crippen molar-refractivity contribution in [3.8, 4) is 5.75 Å². The molecule has 6 nitrogen and oxygen atoms in total. The van der Waals surface area contributed by atoms with Gasteiger partial charge in [0.1, 0.15) is 18.0 Å². The summed E-state index contributed by atoms with van der Waals surface area (Å²) in [6.45, 7) is 5.69. The van der Waals surface area contributed by atoms with Crippen molar-refractivity contribution in [2.24, 2.45) is 5.41 Å². The summed E-state index contributed by atoms with van der Waals surface area (Å²) in [4.78, 5) is 12.1. The molecule has 0 saturated heterocycles. The fraction of sp³-hybridized carbons (Fsp3) is 0.632. The Labute approximate surface area is 159 Å². The van der Waals surface area contributed by atoms with E-state index in [0.29, 0.717) is 0 Å². The van der Waals surface area contributed by atoms with Crippen molar-refractivity contribution in [3.63, 3.8) is 0 Å². The van der Waals surface area contributed by atoms with Crippen molar-refractivity contribution in [3.05, 3.63) is 29.6 Å². The van der Waals surface area contributed by atoms with E-state index in [1.54, 1.807) is 0 Å². The lowest BCUT2D eigenvalue weighted by Gasteiger charge is -2.47. The lowest BCUT2D eigenvalue weighted by atomic mass is 9.68. The zero-order valence-corrected chi connectivity index (χ0v) is 16.8. The molecular formula is C19H27FO6S. The Balaban J connectivity index is 2.20. The Hall–Kier alpha value is -1.67. The molecule has 0 atom stereocenters. The number of hydrogen-bond donors (Lipinski definition) is 1. The maximum absolute atomic E-state index is 14.4. The number of rotatable bonds is 6. The molecule has 0 aliphatic heterocycles. The van der Waals surface area contributed by atoms with E-state index in [0.717, 1.165) is 38.2 Å². The molecule has 0 spiro atoms. The van der Waals surface area contributed by atoms with Crippen LogP contribution in [0, 0.1) is 11.2 Å². The van der Waals surface area contributed by atoms with Gasteiger partial charge >= 0.3 is 5.97 Å². The van der Waals surface area contributed by atoms with Crippen LogP contribution in [0.15, 0.2) is 18.2 Å². The Morgan fingerprint density at radius 3 is 2.41 bits per heavy atom. The predicted molar refractivity (Wildman–Crippen MR) is 99.0 cm³/mol. The molecule has 1 aliphatic carbocycles. The molecule has 0 aromatic heterocycles. The van der Waals surface area contributed by atoms with Crippen LogP contribution in [-0.2, 0) is 14.9 Å². The topological polar surface area (TPSA) is 89.9 Å². The molecule has 0 heterocycles. The molecule has 0 unspecified atom stereocenters. The highest BCUT2D eigenvalue weighted by Gasteiger charge is 2.45. The quantitative estimate of drug-likeness (QED) is 0.571. The number of carbonyl (C=O) groups is 1. The number of halogens is 1. The summed E-state index contributed by atoms with van der Waals surface area (Å²) in [5.41, 5.74) is -0.688. The van der Waals surface area contributed by atoms with Crippen molar-refractivity contribution >= 4 is 16.1 Å². The first-order valence-electron chi connectivity index (χ1n) is 9.04. The van der Waals surface area contributed by atoms with E-state index in [2.05, 4.69) is 20.8 Å². The van der Waals surface area contributed by atoms with Crippen LogP contribution in [0.5, 0.6) is 5.75 Å². The molecule has 1 aliphatic rings. The van der Waals surface area contributed by atoms with Gasteiger partial charge in [0.25, 0.3) is 10.1 Å². The number of hydrogen-bond acceptors (Lipinski definition) is 5. The molecule has 1 saturated carbocycles. The van der Waals surface area contributed by atoms with Crippen LogP contribution in [0.2, 0.25) is 0 Å². The summed E-state index contributed by atoms with van der Waals surface area (Å²) >= 11 is 0. The van der Waals surface area contributed by atoms with Crippen LogP contribution in [-0.4, -0.2) is 36.9 Å². The van der Waals surface area contributed by atoms with E-state index in [1.165, 1.54) is 12.1 Å². The van der Waals surface area contributed by atoms with E-state index >= 15 is 0 Å². The van der Waals surface area contributed by atoms with Crippen molar-refractivity contribution < 1.29 is 31.6 Å². The Morgan fingerprint density at radius 2 is 1.85 bits per heavy atom. The summed E-state index contributed by atoms with van der Waals surface area (Å²) in [6, 6.07) is 3.67. The van der Waals surface area contributed by atoms with E-state index < -0.39 is 39.9 Å². The van der Waals surface area contributed by atoms with Gasteiger partial charge in [-0.1, -0.05) is 27.2 Å². The molecule has 0 bridgehead atoms. The maximum atomic E-state index is 14.4. The highest BCUT2D eigenvalue weighted by molar-refractivity contribution is 7.85. The average Bonchev–Trinajstić information content (AvgIpc) is 2.55. The minimum atomic E-state index is -4.22. The van der Waals surface area contributed by atoms with Gasteiger partial charge < -0.3 is 9.47 Å². The summed E-state index contributed by atoms with van der Waals surface area (Å²) in [5.74, 6) is -2.09. The van der Waals surface area contributed by atoms with Gasteiger partial charge in [-0.25, -0.2) is 9.18 Å². The van der Waals surface area contributed by atoms with Gasteiger partial charge in [-0.3, -0.25) is 4.55 Å². The first-order chi connectivity index (χ1) is 12.4. The Bertz CT molecular complexity index is 776. The third-order valence-corrected chi connectivity index (χ3v) is 5.76. The third-order valence-electron chi connectivity index (χ3n) is 5.07. The van der Waals surface area contributed by atoms with Gasteiger partial charge in [0, 0.05) is 5.41 Å². The van der Waals surface area contributed by atoms with Gasteiger partial charge in [-0.2, -0.15) is 8.42 Å². The molecule has 8 heteroatoms. The second kappa shape index (κ2) is 8.14. The van der Waals surface area contributed by atoms with Crippen LogP contribution >= 0.6 is 0 Å². The smallest absolute Gasteiger partial charge is 0.338 e. The van der Waals surface area contributed by atoms with Gasteiger partial charge in [0.2, 0.25) is 0 Å². The SMILES string of the molecule is CC(C)(C)C1(Oc2cc(C(=O)OCCS(=O)(=O)O)ccc2F)CCCCC1. The largest absolute Gasteiger partial charge is 0.484 e. The standard InChI is InChI=1S/C19H27FO6S/c1-18(2,3)19(9-5-4-6-10-19)26-16-13-14(7-8-15(16)20)17(21)25-11-12-27(22,23)24/h7-8,13H,4-6,9-12H2,1-3H3,(H,22,23,24). The predicted octanol–water partition coefficient (Wildman–Crippen LogP) is 4.00. The summed E-state index contributed by atoms with van der Waals surface area (Å²) < 4.78 is 55.4. The molecule has 152 valence electrons. The van der Waals surface area contributed by atoms with Crippen molar-refractivity contribution in [1.29, 1.82) is 0 Å². The molecule has 27 heavy (non-hydrogen) atoms. The molecule has 1 aromatic rings. The monoisotopic (exact) mass is 402 g/mol. The number of ether oxygens (including phenoxy) is 2. The molecular weight excluding hydrogens is 375 g/mol. The minimum absolute atomic E-state index is 0.0175. The van der Waals surface area contributed by atoms with E-state index in [-0.39, 0.29) is 16.7 Å². The lowest BCUT2D eigenvalue weighted by molar-refractivity contribution is -0.0637. The first-order valence-corrected chi connectivity index (χ1v) is 10.7. The molecule has 0 radical (unpaired) electrons. The minimum Gasteiger partial charge on any atom is -0.484 e. The van der Waals surface area contributed by atoms with Gasteiger partial charge in [-0.05, 0) is 43.9 Å². The summed E-state index contributed by atoms with van der Waals surface area (Å²) in [6.07, 6.45) is 4.72. The zero-order chi connectivity index (χ0) is 20.3.